The monoisotopic (exact) mass is 696 g/mol. The summed E-state index contributed by atoms with van der Waals surface area (Å²) in [5.41, 5.74) is 0. The van der Waals surface area contributed by atoms with E-state index in [1.807, 2.05) is 0 Å². The molecule has 2 aromatic carbocycles. The Morgan fingerprint density at radius 2 is 0.667 bits per heavy atom. The molecule has 12 nitrogen and oxygen atoms in total. The first-order chi connectivity index (χ1) is 19.3. The molecule has 0 bridgehead atoms. The van der Waals surface area contributed by atoms with Crippen LogP contribution >= 0.6 is 0 Å². The van der Waals surface area contributed by atoms with Gasteiger partial charge >= 0.3 is 40.5 Å². The molecule has 0 heterocycles. The fourth-order valence-electron chi connectivity index (χ4n) is 2.34. The Kier molecular flexibility index (Phi) is 14.1. The predicted molar refractivity (Wildman–Crippen MR) is 135 cm³/mol. The van der Waals surface area contributed by atoms with Crippen LogP contribution in [0.2, 0.25) is 0 Å². The molecule has 240 valence electrons. The minimum absolute atomic E-state index is 0.117. The number of hydrogen-bond acceptors (Lipinski definition) is 12. The summed E-state index contributed by atoms with van der Waals surface area (Å²) in [5.74, 6) is -5.53. The Labute approximate surface area is 237 Å². The van der Waals surface area contributed by atoms with Crippen molar-refractivity contribution in [3.63, 3.8) is 0 Å². The van der Waals surface area contributed by atoms with Gasteiger partial charge in [0, 0.05) is 0 Å². The standard InChI is InChI=1S/C10H10F4O6S2.C10H12F2O6S2/c11-9(12)5-21(15,16)19-7-1-2-8(4-3-7)20-22(17,18)6-10(13)14;11-5-7-19(13,14)17-9-1-2-10(4-3-9)18-20(15,16)8-6-12/h1-4,9-10H,5-6H2;1-4H,5-8H2. The Bertz CT molecular complexity index is 1430. The van der Waals surface area contributed by atoms with E-state index in [2.05, 4.69) is 16.7 Å². The van der Waals surface area contributed by atoms with Gasteiger partial charge in [0.05, 0.1) is 0 Å². The Morgan fingerprint density at radius 1 is 0.452 bits per heavy atom. The van der Waals surface area contributed by atoms with Gasteiger partial charge in [0.15, 0.2) is 0 Å². The molecule has 0 radical (unpaired) electrons. The first-order valence-corrected chi connectivity index (χ1v) is 17.1. The van der Waals surface area contributed by atoms with Crippen LogP contribution in [0.3, 0.4) is 0 Å². The maximum absolute atomic E-state index is 12.0. The van der Waals surface area contributed by atoms with E-state index in [9.17, 15) is 60.0 Å². The van der Waals surface area contributed by atoms with Crippen molar-refractivity contribution in [3.8, 4) is 23.0 Å². The molecule has 0 spiro atoms. The van der Waals surface area contributed by atoms with Gasteiger partial charge in [0.2, 0.25) is 0 Å². The molecular weight excluding hydrogens is 674 g/mol. The maximum atomic E-state index is 12.0. The van der Waals surface area contributed by atoms with Crippen LogP contribution in [-0.4, -0.2) is 82.9 Å². The summed E-state index contributed by atoms with van der Waals surface area (Å²) >= 11 is 0. The molecule has 2 aromatic rings. The second-order valence-corrected chi connectivity index (χ2v) is 14.0. The van der Waals surface area contributed by atoms with Gasteiger partial charge in [0.25, 0.3) is 12.9 Å². The quantitative estimate of drug-likeness (QED) is 0.186. The molecule has 0 aliphatic rings. The van der Waals surface area contributed by atoms with Crippen molar-refractivity contribution in [1.29, 1.82) is 0 Å². The molecule has 0 atom stereocenters. The molecule has 0 unspecified atom stereocenters. The molecule has 0 saturated carbocycles. The van der Waals surface area contributed by atoms with Gasteiger partial charge in [-0.15, -0.1) is 0 Å². The van der Waals surface area contributed by atoms with Crippen molar-refractivity contribution in [2.75, 3.05) is 36.4 Å². The highest BCUT2D eigenvalue weighted by molar-refractivity contribution is 7.87. The fraction of sp³-hybridized carbons (Fsp3) is 0.400. The molecule has 0 saturated heterocycles. The van der Waals surface area contributed by atoms with Crippen LogP contribution in [0, 0.1) is 0 Å². The second kappa shape index (κ2) is 16.0. The lowest BCUT2D eigenvalue weighted by Crippen LogP contribution is -2.19. The summed E-state index contributed by atoms with van der Waals surface area (Å²) in [6.45, 7) is -2.16. The largest absolute Gasteiger partial charge is 0.382 e. The van der Waals surface area contributed by atoms with Crippen LogP contribution < -0.4 is 16.7 Å². The average molecular weight is 697 g/mol. The van der Waals surface area contributed by atoms with Gasteiger partial charge in [-0.2, -0.15) is 33.7 Å². The van der Waals surface area contributed by atoms with Crippen molar-refractivity contribution in [1.82, 2.24) is 0 Å². The summed E-state index contributed by atoms with van der Waals surface area (Å²) in [4.78, 5) is 0. The summed E-state index contributed by atoms with van der Waals surface area (Å²) in [7, 11) is -17.1. The molecular formula is C20H22F6O12S4. The van der Waals surface area contributed by atoms with Crippen LogP contribution in [0.5, 0.6) is 23.0 Å². The Morgan fingerprint density at radius 3 is 0.857 bits per heavy atom. The highest BCUT2D eigenvalue weighted by atomic mass is 32.2. The zero-order chi connectivity index (χ0) is 32.2. The number of hydrogen-bond donors (Lipinski definition) is 0. The van der Waals surface area contributed by atoms with E-state index in [-0.39, 0.29) is 23.0 Å². The van der Waals surface area contributed by atoms with E-state index in [1.165, 1.54) is 0 Å². The summed E-state index contributed by atoms with van der Waals surface area (Å²) < 4.78 is 179. The summed E-state index contributed by atoms with van der Waals surface area (Å²) in [6, 6.07) is 8.25. The van der Waals surface area contributed by atoms with E-state index in [1.54, 1.807) is 0 Å². The molecule has 0 aliphatic carbocycles. The fourth-order valence-corrected chi connectivity index (χ4v) is 5.25. The SMILES string of the molecule is O=S(=O)(CC(F)F)Oc1ccc(OS(=O)(=O)CC(F)F)cc1.O=S(=O)(CCF)Oc1ccc(OS(=O)(=O)CCF)cc1. The van der Waals surface area contributed by atoms with Crippen molar-refractivity contribution in [2.45, 2.75) is 12.9 Å². The molecule has 22 heteroatoms. The average Bonchev–Trinajstić information content (AvgIpc) is 2.79. The van der Waals surface area contributed by atoms with E-state index in [0.717, 1.165) is 48.5 Å². The molecule has 0 fully saturated rings. The van der Waals surface area contributed by atoms with Crippen molar-refractivity contribution < 1.29 is 76.7 Å². The molecule has 0 N–H and O–H groups in total. The number of benzene rings is 2. The lowest BCUT2D eigenvalue weighted by atomic mass is 10.3. The lowest BCUT2D eigenvalue weighted by molar-refractivity contribution is 0.171. The summed E-state index contributed by atoms with van der Waals surface area (Å²) in [6.07, 6.45) is -6.24. The molecule has 0 amide bonds. The third-order valence-corrected chi connectivity index (χ3v) is 8.27. The smallest absolute Gasteiger partial charge is 0.314 e. The normalized spacial score (nSPS) is 12.4. The van der Waals surface area contributed by atoms with Gasteiger partial charge < -0.3 is 16.7 Å². The van der Waals surface area contributed by atoms with Crippen molar-refractivity contribution >= 4 is 40.5 Å². The Hall–Kier alpha value is -2.98. The first-order valence-electron chi connectivity index (χ1n) is 10.8. The zero-order valence-electron chi connectivity index (χ0n) is 20.8. The van der Waals surface area contributed by atoms with E-state index in [4.69, 9.17) is 0 Å². The van der Waals surface area contributed by atoms with Crippen molar-refractivity contribution in [2.24, 2.45) is 0 Å². The number of halogens is 6. The lowest BCUT2D eigenvalue weighted by Gasteiger charge is -2.08. The molecule has 42 heavy (non-hydrogen) atoms. The van der Waals surface area contributed by atoms with Gasteiger partial charge in [-0.25, -0.2) is 26.3 Å². The second-order valence-electron chi connectivity index (χ2n) is 7.41. The molecule has 2 rings (SSSR count). The number of rotatable bonds is 16. The van der Waals surface area contributed by atoms with Crippen LogP contribution in [0.4, 0.5) is 26.3 Å². The van der Waals surface area contributed by atoms with Crippen LogP contribution in [0.1, 0.15) is 0 Å². The predicted octanol–water partition coefficient (Wildman–Crippen LogP) is 2.68. The van der Waals surface area contributed by atoms with E-state index in [0.29, 0.717) is 0 Å². The highest BCUT2D eigenvalue weighted by Crippen LogP contribution is 2.22. The van der Waals surface area contributed by atoms with E-state index < -0.39 is 89.7 Å². The third kappa shape index (κ3) is 15.9. The van der Waals surface area contributed by atoms with E-state index >= 15 is 0 Å². The van der Waals surface area contributed by atoms with Crippen LogP contribution in [0.15, 0.2) is 48.5 Å². The van der Waals surface area contributed by atoms with Crippen molar-refractivity contribution in [3.05, 3.63) is 48.5 Å². The van der Waals surface area contributed by atoms with Gasteiger partial charge in [-0.3, -0.25) is 0 Å². The van der Waals surface area contributed by atoms with Crippen LogP contribution in [-0.2, 0) is 40.5 Å². The van der Waals surface area contributed by atoms with Gasteiger partial charge in [-0.1, -0.05) is 0 Å². The molecule has 0 aromatic heterocycles. The number of alkyl halides is 6. The summed E-state index contributed by atoms with van der Waals surface area (Å²) in [5, 5.41) is 0. The first kappa shape index (κ1) is 37.0. The topological polar surface area (TPSA) is 173 Å². The minimum atomic E-state index is -4.51. The van der Waals surface area contributed by atoms with Gasteiger partial charge in [0.1, 0.15) is 59.4 Å². The van der Waals surface area contributed by atoms with Gasteiger partial charge in [-0.05, 0) is 48.5 Å². The molecule has 0 aliphatic heterocycles. The highest BCUT2D eigenvalue weighted by Gasteiger charge is 2.22. The maximum Gasteiger partial charge on any atom is 0.314 e. The Balaban J connectivity index is 0.000000422. The minimum Gasteiger partial charge on any atom is -0.382 e. The van der Waals surface area contributed by atoms with Crippen LogP contribution in [0.25, 0.3) is 0 Å². The third-order valence-electron chi connectivity index (χ3n) is 3.85. The zero-order valence-corrected chi connectivity index (χ0v) is 24.1.